The molecule has 2 amide bonds. The number of rotatable bonds is 3. The smallest absolute Gasteiger partial charge is 0.344 e. The average molecular weight is 448 g/mol. The quantitative estimate of drug-likeness (QED) is 0.542. The third-order valence-electron chi connectivity index (χ3n) is 5.55. The van der Waals surface area contributed by atoms with E-state index in [1.54, 1.807) is 0 Å². The van der Waals surface area contributed by atoms with Crippen LogP contribution in [0.25, 0.3) is 0 Å². The van der Waals surface area contributed by atoms with E-state index in [-0.39, 0.29) is 5.69 Å². The number of amides is 2. The van der Waals surface area contributed by atoms with Gasteiger partial charge in [0, 0.05) is 17.6 Å². The lowest BCUT2D eigenvalue weighted by molar-refractivity contribution is -0.175. The maximum absolute atomic E-state index is 13.5. The molecule has 2 bridgehead atoms. The van der Waals surface area contributed by atoms with Crippen LogP contribution in [0.1, 0.15) is 18.4 Å². The van der Waals surface area contributed by atoms with Crippen molar-refractivity contribution in [3.63, 3.8) is 0 Å². The van der Waals surface area contributed by atoms with Crippen molar-refractivity contribution in [2.45, 2.75) is 31.2 Å². The summed E-state index contributed by atoms with van der Waals surface area (Å²) in [7, 11) is 0. The van der Waals surface area contributed by atoms with Gasteiger partial charge in [0.1, 0.15) is 5.82 Å². The Morgan fingerprint density at radius 2 is 1.74 bits per heavy atom. The van der Waals surface area contributed by atoms with Crippen LogP contribution in [-0.4, -0.2) is 24.0 Å². The van der Waals surface area contributed by atoms with Crippen LogP contribution in [0.2, 0.25) is 0 Å². The molecule has 1 aromatic rings. The molecule has 166 valence electrons. The highest BCUT2D eigenvalue weighted by atomic mass is 19.4. The van der Waals surface area contributed by atoms with Crippen LogP contribution in [-0.2, 0) is 15.8 Å². The number of nitrogens with one attached hydrogen (secondary N) is 2. The van der Waals surface area contributed by atoms with E-state index in [1.165, 1.54) is 6.08 Å². The summed E-state index contributed by atoms with van der Waals surface area (Å²) in [6.45, 7) is 0. The van der Waals surface area contributed by atoms with Crippen LogP contribution in [0.5, 0.6) is 0 Å². The molecule has 0 spiro atoms. The fourth-order valence-corrected chi connectivity index (χ4v) is 4.37. The molecule has 0 unspecified atom stereocenters. The molecule has 11 heteroatoms. The minimum Gasteiger partial charge on any atom is -0.344 e. The Morgan fingerprint density at radius 1 is 1.10 bits per heavy atom. The summed E-state index contributed by atoms with van der Waals surface area (Å²) in [4.78, 5) is 24.3. The molecule has 4 atom stereocenters. The number of fused-ring (bicyclic) bond motifs is 2. The molecule has 2 saturated carbocycles. The second kappa shape index (κ2) is 7.90. The second-order valence-corrected chi connectivity index (χ2v) is 7.31. The highest BCUT2D eigenvalue weighted by Crippen LogP contribution is 2.53. The minimum atomic E-state index is -5.18. The molecule has 1 aromatic carbocycles. The van der Waals surface area contributed by atoms with Crippen molar-refractivity contribution >= 4 is 17.5 Å². The molecule has 4 nitrogen and oxygen atoms in total. The van der Waals surface area contributed by atoms with E-state index in [0.717, 1.165) is 6.07 Å². The van der Waals surface area contributed by atoms with Gasteiger partial charge in [0.15, 0.2) is 0 Å². The SMILES string of the molecule is C#C/C=C1\[C@H]2CC[C@@H]1[C@H](C(=O)Nc1ccc(F)c(C(F)(F)F)c1)[C@@H]2NC(=O)C(F)(F)F. The highest BCUT2D eigenvalue weighted by Gasteiger charge is 2.56. The zero-order valence-electron chi connectivity index (χ0n) is 15.6. The van der Waals surface area contributed by atoms with E-state index >= 15 is 0 Å². The van der Waals surface area contributed by atoms with Crippen LogP contribution in [0.3, 0.4) is 0 Å². The number of halogens is 7. The predicted octanol–water partition coefficient (Wildman–Crippen LogP) is 4.05. The van der Waals surface area contributed by atoms with E-state index < -0.39 is 59.3 Å². The molecule has 2 aliphatic rings. The minimum absolute atomic E-state index is 0.384. The molecule has 2 fully saturated rings. The first-order valence-corrected chi connectivity index (χ1v) is 9.06. The number of benzene rings is 1. The molecule has 0 radical (unpaired) electrons. The summed E-state index contributed by atoms with van der Waals surface area (Å²) in [6.07, 6.45) is -2.80. The van der Waals surface area contributed by atoms with E-state index in [0.29, 0.717) is 30.5 Å². The third kappa shape index (κ3) is 4.38. The van der Waals surface area contributed by atoms with Crippen LogP contribution >= 0.6 is 0 Å². The Balaban J connectivity index is 1.90. The van der Waals surface area contributed by atoms with Crippen molar-refractivity contribution in [3.8, 4) is 12.3 Å². The topological polar surface area (TPSA) is 58.2 Å². The maximum atomic E-state index is 13.5. The number of terminal acetylenes is 1. The Labute approximate surface area is 171 Å². The predicted molar refractivity (Wildman–Crippen MR) is 94.6 cm³/mol. The number of alkyl halides is 6. The number of allylic oxidation sites excluding steroid dienone is 1. The zero-order chi connectivity index (χ0) is 23.1. The molecule has 2 aliphatic carbocycles. The number of hydrogen-bond donors (Lipinski definition) is 2. The van der Waals surface area contributed by atoms with Gasteiger partial charge in [0.25, 0.3) is 0 Å². The van der Waals surface area contributed by atoms with Gasteiger partial charge in [-0.3, -0.25) is 9.59 Å². The summed E-state index contributed by atoms with van der Waals surface area (Å²) in [5, 5.41) is 4.02. The highest BCUT2D eigenvalue weighted by molar-refractivity contribution is 5.95. The maximum Gasteiger partial charge on any atom is 0.471 e. The normalized spacial score (nSPS) is 26.6. The van der Waals surface area contributed by atoms with Gasteiger partial charge in [-0.1, -0.05) is 11.5 Å². The largest absolute Gasteiger partial charge is 0.471 e. The lowest BCUT2D eigenvalue weighted by atomic mass is 9.83. The molecule has 31 heavy (non-hydrogen) atoms. The molecule has 0 heterocycles. The molecular formula is C20H15F7N2O2. The second-order valence-electron chi connectivity index (χ2n) is 7.31. The summed E-state index contributed by atoms with van der Waals surface area (Å²) >= 11 is 0. The Morgan fingerprint density at radius 3 is 2.32 bits per heavy atom. The number of carbonyl (C=O) groups excluding carboxylic acids is 2. The van der Waals surface area contributed by atoms with Crippen molar-refractivity contribution in [3.05, 3.63) is 41.2 Å². The monoisotopic (exact) mass is 448 g/mol. The van der Waals surface area contributed by atoms with Crippen LogP contribution in [0.4, 0.5) is 36.4 Å². The van der Waals surface area contributed by atoms with Crippen molar-refractivity contribution in [2.24, 2.45) is 17.8 Å². The summed E-state index contributed by atoms with van der Waals surface area (Å²) in [6, 6.07) is 0.570. The first-order chi connectivity index (χ1) is 14.3. The summed E-state index contributed by atoms with van der Waals surface area (Å²) in [5.74, 6) is -4.80. The van der Waals surface area contributed by atoms with Gasteiger partial charge >= 0.3 is 18.3 Å². The summed E-state index contributed by atoms with van der Waals surface area (Å²) < 4.78 is 90.5. The van der Waals surface area contributed by atoms with Gasteiger partial charge in [0.05, 0.1) is 11.5 Å². The first-order valence-electron chi connectivity index (χ1n) is 9.06. The van der Waals surface area contributed by atoms with Gasteiger partial charge in [-0.2, -0.15) is 26.3 Å². The van der Waals surface area contributed by atoms with Crippen LogP contribution in [0, 0.1) is 35.9 Å². The molecule has 0 saturated heterocycles. The van der Waals surface area contributed by atoms with Gasteiger partial charge in [-0.15, -0.1) is 6.42 Å². The van der Waals surface area contributed by atoms with E-state index in [9.17, 15) is 40.3 Å². The van der Waals surface area contributed by atoms with E-state index in [4.69, 9.17) is 6.42 Å². The molecule has 0 aromatic heterocycles. The number of carbonyl (C=O) groups is 2. The van der Waals surface area contributed by atoms with E-state index in [1.807, 2.05) is 5.32 Å². The van der Waals surface area contributed by atoms with Gasteiger partial charge < -0.3 is 10.6 Å². The standard InChI is InChI=1S/C20H15F7N2O2/c1-2-3-10-11-5-6-12(10)16(29-18(31)20(25,26)27)15(11)17(30)28-9-4-7-14(21)13(8-9)19(22,23)24/h1,3-4,7-8,11-12,15-16H,5-6H2,(H,28,30)(H,29,31)/b10-3-/t11-,12+,15-,16+/m0/s1. The first kappa shape index (κ1) is 22.7. The number of anilines is 1. The van der Waals surface area contributed by atoms with Gasteiger partial charge in [-0.05, 0) is 43.0 Å². The number of hydrogen-bond acceptors (Lipinski definition) is 2. The Kier molecular flexibility index (Phi) is 5.78. The third-order valence-corrected chi connectivity index (χ3v) is 5.55. The van der Waals surface area contributed by atoms with Crippen LogP contribution in [0.15, 0.2) is 29.8 Å². The molecule has 3 rings (SSSR count). The molecule has 2 N–H and O–H groups in total. The van der Waals surface area contributed by atoms with Crippen molar-refractivity contribution in [2.75, 3.05) is 5.32 Å². The van der Waals surface area contributed by atoms with Gasteiger partial charge in [-0.25, -0.2) is 4.39 Å². The van der Waals surface area contributed by atoms with Crippen molar-refractivity contribution in [1.82, 2.24) is 5.32 Å². The fourth-order valence-electron chi connectivity index (χ4n) is 4.37. The average Bonchev–Trinajstić information content (AvgIpc) is 3.17. The zero-order valence-corrected chi connectivity index (χ0v) is 15.6. The fraction of sp³-hybridized carbons (Fsp3) is 0.400. The lowest BCUT2D eigenvalue weighted by Crippen LogP contribution is -2.51. The van der Waals surface area contributed by atoms with E-state index in [2.05, 4.69) is 11.2 Å². The molecule has 0 aliphatic heterocycles. The van der Waals surface area contributed by atoms with Crippen molar-refractivity contribution in [1.29, 1.82) is 0 Å². The van der Waals surface area contributed by atoms with Gasteiger partial charge in [0.2, 0.25) is 5.91 Å². The Bertz CT molecular complexity index is 975. The summed E-state index contributed by atoms with van der Waals surface area (Å²) in [5.41, 5.74) is -1.46. The molecular weight excluding hydrogens is 433 g/mol. The Hall–Kier alpha value is -3.03. The van der Waals surface area contributed by atoms with Crippen LogP contribution < -0.4 is 10.6 Å². The lowest BCUT2D eigenvalue weighted by Gasteiger charge is -2.30. The van der Waals surface area contributed by atoms with Crippen molar-refractivity contribution < 1.29 is 40.3 Å².